The molecule has 1 fully saturated rings. The highest BCUT2D eigenvalue weighted by molar-refractivity contribution is 5.92. The third kappa shape index (κ3) is 2.68. The van der Waals surface area contributed by atoms with Crippen LogP contribution in [-0.4, -0.2) is 26.9 Å². The van der Waals surface area contributed by atoms with Gasteiger partial charge in [0.25, 0.3) is 5.91 Å². The molecular formula is C14H15FN4O. The standard InChI is InChI=1S/C14H15FN4O/c15-10-4-3-7-12(8-10)19-9-13(17-18-19)14(20)16-11-5-1-2-6-11/h3-4,7-9,11H,1-2,5-6H2,(H,16,20). The number of benzene rings is 1. The maximum Gasteiger partial charge on any atom is 0.273 e. The van der Waals surface area contributed by atoms with Gasteiger partial charge >= 0.3 is 0 Å². The molecule has 0 atom stereocenters. The van der Waals surface area contributed by atoms with Gasteiger partial charge in [0.2, 0.25) is 0 Å². The van der Waals surface area contributed by atoms with Crippen LogP contribution >= 0.6 is 0 Å². The van der Waals surface area contributed by atoms with Crippen molar-refractivity contribution in [2.45, 2.75) is 31.7 Å². The summed E-state index contributed by atoms with van der Waals surface area (Å²) < 4.78 is 14.5. The Kier molecular flexibility index (Phi) is 3.45. The van der Waals surface area contributed by atoms with Crippen molar-refractivity contribution < 1.29 is 9.18 Å². The second-order valence-electron chi connectivity index (χ2n) is 4.98. The molecule has 0 aliphatic heterocycles. The Morgan fingerprint density at radius 1 is 1.35 bits per heavy atom. The van der Waals surface area contributed by atoms with Crippen LogP contribution < -0.4 is 5.32 Å². The van der Waals surface area contributed by atoms with Gasteiger partial charge in [0.05, 0.1) is 11.9 Å². The summed E-state index contributed by atoms with van der Waals surface area (Å²) in [4.78, 5) is 12.0. The molecule has 5 nitrogen and oxygen atoms in total. The largest absolute Gasteiger partial charge is 0.348 e. The summed E-state index contributed by atoms with van der Waals surface area (Å²) in [5.41, 5.74) is 0.790. The predicted molar refractivity (Wildman–Crippen MR) is 71.0 cm³/mol. The van der Waals surface area contributed by atoms with Gasteiger partial charge in [-0.3, -0.25) is 4.79 Å². The van der Waals surface area contributed by atoms with Crippen molar-refractivity contribution in [3.63, 3.8) is 0 Å². The van der Waals surface area contributed by atoms with Crippen LogP contribution in [0.5, 0.6) is 0 Å². The van der Waals surface area contributed by atoms with Gasteiger partial charge in [0.1, 0.15) is 5.82 Å². The summed E-state index contributed by atoms with van der Waals surface area (Å²) >= 11 is 0. The van der Waals surface area contributed by atoms with Gasteiger partial charge in [-0.1, -0.05) is 24.1 Å². The predicted octanol–water partition coefficient (Wildman–Crippen LogP) is 2.08. The third-order valence-corrected chi connectivity index (χ3v) is 3.49. The molecule has 1 N–H and O–H groups in total. The summed E-state index contributed by atoms with van der Waals surface area (Å²) in [5.74, 6) is -0.575. The molecule has 0 radical (unpaired) electrons. The van der Waals surface area contributed by atoms with Crippen molar-refractivity contribution in [3.05, 3.63) is 42.0 Å². The molecule has 1 aromatic heterocycles. The van der Waals surface area contributed by atoms with Crippen LogP contribution in [-0.2, 0) is 0 Å². The van der Waals surface area contributed by atoms with E-state index in [4.69, 9.17) is 0 Å². The summed E-state index contributed by atoms with van der Waals surface area (Å²) in [6.45, 7) is 0. The van der Waals surface area contributed by atoms with Crippen LogP contribution in [0.3, 0.4) is 0 Å². The van der Waals surface area contributed by atoms with E-state index in [-0.39, 0.29) is 23.5 Å². The first-order valence-corrected chi connectivity index (χ1v) is 6.71. The first-order chi connectivity index (χ1) is 9.72. The van der Waals surface area contributed by atoms with E-state index in [1.807, 2.05) is 0 Å². The van der Waals surface area contributed by atoms with Gasteiger partial charge in [-0.2, -0.15) is 0 Å². The minimum atomic E-state index is -0.352. The molecule has 0 unspecified atom stereocenters. The number of hydrogen-bond donors (Lipinski definition) is 1. The quantitative estimate of drug-likeness (QED) is 0.932. The fourth-order valence-electron chi connectivity index (χ4n) is 2.44. The Balaban J connectivity index is 1.74. The van der Waals surface area contributed by atoms with Gasteiger partial charge < -0.3 is 5.32 Å². The first kappa shape index (κ1) is 12.8. The number of aromatic nitrogens is 3. The van der Waals surface area contributed by atoms with Gasteiger partial charge in [-0.15, -0.1) is 5.10 Å². The Hall–Kier alpha value is -2.24. The van der Waals surface area contributed by atoms with Gasteiger partial charge in [-0.05, 0) is 31.0 Å². The number of carbonyl (C=O) groups is 1. The van der Waals surface area contributed by atoms with Crippen molar-refractivity contribution in [2.75, 3.05) is 0 Å². The molecule has 2 aromatic rings. The van der Waals surface area contributed by atoms with Crippen molar-refractivity contribution in [1.29, 1.82) is 0 Å². The van der Waals surface area contributed by atoms with E-state index in [2.05, 4.69) is 15.6 Å². The number of hydrogen-bond acceptors (Lipinski definition) is 3. The normalized spacial score (nSPS) is 15.4. The van der Waals surface area contributed by atoms with E-state index >= 15 is 0 Å². The number of halogens is 1. The number of amides is 1. The zero-order chi connectivity index (χ0) is 13.9. The van der Waals surface area contributed by atoms with Crippen molar-refractivity contribution in [1.82, 2.24) is 20.3 Å². The maximum absolute atomic E-state index is 13.1. The topological polar surface area (TPSA) is 59.8 Å². The number of carbonyl (C=O) groups excluding carboxylic acids is 1. The minimum absolute atomic E-state index is 0.223. The highest BCUT2D eigenvalue weighted by atomic mass is 19.1. The van der Waals surface area contributed by atoms with Crippen LogP contribution in [0.2, 0.25) is 0 Å². The lowest BCUT2D eigenvalue weighted by Gasteiger charge is -2.09. The van der Waals surface area contributed by atoms with E-state index in [1.54, 1.807) is 12.1 Å². The number of nitrogens with one attached hydrogen (secondary N) is 1. The second kappa shape index (κ2) is 5.40. The molecule has 0 spiro atoms. The Morgan fingerprint density at radius 3 is 2.90 bits per heavy atom. The number of nitrogens with zero attached hydrogens (tertiary/aromatic N) is 3. The molecular weight excluding hydrogens is 259 g/mol. The van der Waals surface area contributed by atoms with E-state index in [9.17, 15) is 9.18 Å². The molecule has 6 heteroatoms. The fraction of sp³-hybridized carbons (Fsp3) is 0.357. The van der Waals surface area contributed by atoms with Gasteiger partial charge in [-0.25, -0.2) is 9.07 Å². The molecule has 1 amide bonds. The van der Waals surface area contributed by atoms with E-state index < -0.39 is 0 Å². The highest BCUT2D eigenvalue weighted by Crippen LogP contribution is 2.18. The average Bonchev–Trinajstić information content (AvgIpc) is 3.09. The van der Waals surface area contributed by atoms with Crippen LogP contribution in [0.25, 0.3) is 5.69 Å². The molecule has 0 bridgehead atoms. The molecule has 20 heavy (non-hydrogen) atoms. The Bertz CT molecular complexity index is 619. The van der Waals surface area contributed by atoms with Gasteiger partial charge in [0.15, 0.2) is 5.69 Å². The molecule has 1 aliphatic carbocycles. The first-order valence-electron chi connectivity index (χ1n) is 6.71. The third-order valence-electron chi connectivity index (χ3n) is 3.49. The molecule has 0 saturated heterocycles. The average molecular weight is 274 g/mol. The van der Waals surface area contributed by atoms with Crippen LogP contribution in [0.1, 0.15) is 36.2 Å². The summed E-state index contributed by atoms with van der Waals surface area (Å²) in [6.07, 6.45) is 5.86. The Morgan fingerprint density at radius 2 is 2.15 bits per heavy atom. The maximum atomic E-state index is 13.1. The van der Waals surface area contributed by atoms with Crippen LogP contribution in [0.15, 0.2) is 30.5 Å². The SMILES string of the molecule is O=C(NC1CCCC1)c1cn(-c2cccc(F)c2)nn1. The van der Waals surface area contributed by atoms with Crippen molar-refractivity contribution >= 4 is 5.91 Å². The minimum Gasteiger partial charge on any atom is -0.348 e. The second-order valence-corrected chi connectivity index (χ2v) is 4.98. The lowest BCUT2D eigenvalue weighted by atomic mass is 10.2. The van der Waals surface area contributed by atoms with Crippen LogP contribution in [0.4, 0.5) is 4.39 Å². The van der Waals surface area contributed by atoms with E-state index in [0.29, 0.717) is 5.69 Å². The zero-order valence-electron chi connectivity index (χ0n) is 10.9. The summed E-state index contributed by atoms with van der Waals surface area (Å²) in [7, 11) is 0. The molecule has 3 rings (SSSR count). The Labute approximate surface area is 115 Å². The van der Waals surface area contributed by atoms with Crippen LogP contribution in [0, 0.1) is 5.82 Å². The fourth-order valence-corrected chi connectivity index (χ4v) is 2.44. The van der Waals surface area contributed by atoms with E-state index in [0.717, 1.165) is 25.7 Å². The molecule has 1 aliphatic rings. The molecule has 1 saturated carbocycles. The number of rotatable bonds is 3. The lowest BCUT2D eigenvalue weighted by molar-refractivity contribution is 0.0932. The van der Waals surface area contributed by atoms with Gasteiger partial charge in [0, 0.05) is 6.04 Å². The van der Waals surface area contributed by atoms with E-state index in [1.165, 1.54) is 23.0 Å². The lowest BCUT2D eigenvalue weighted by Crippen LogP contribution is -2.32. The summed E-state index contributed by atoms with van der Waals surface area (Å²) in [5, 5.41) is 10.6. The smallest absolute Gasteiger partial charge is 0.273 e. The molecule has 104 valence electrons. The molecule has 1 aromatic carbocycles. The van der Waals surface area contributed by atoms with Crippen molar-refractivity contribution in [3.8, 4) is 5.69 Å². The summed E-state index contributed by atoms with van der Waals surface area (Å²) in [6, 6.07) is 6.23. The monoisotopic (exact) mass is 274 g/mol. The van der Waals surface area contributed by atoms with Crippen molar-refractivity contribution in [2.24, 2.45) is 0 Å². The zero-order valence-corrected chi connectivity index (χ0v) is 10.9. The molecule has 1 heterocycles. The highest BCUT2D eigenvalue weighted by Gasteiger charge is 2.19.